The third-order valence-corrected chi connectivity index (χ3v) is 5.15. The van der Waals surface area contributed by atoms with Gasteiger partial charge in [-0.1, -0.05) is 6.92 Å². The Kier molecular flexibility index (Phi) is 5.26. The summed E-state index contributed by atoms with van der Waals surface area (Å²) in [6.07, 6.45) is 0.774. The van der Waals surface area contributed by atoms with Crippen LogP contribution >= 0.6 is 0 Å². The molecule has 2 aromatic heterocycles. The Morgan fingerprint density at radius 2 is 2.04 bits per heavy atom. The maximum Gasteiger partial charge on any atom is 0.287 e. The van der Waals surface area contributed by atoms with Gasteiger partial charge in [0.15, 0.2) is 5.76 Å². The molecule has 144 valence electrons. The number of furan rings is 1. The van der Waals surface area contributed by atoms with E-state index in [0.29, 0.717) is 17.1 Å². The van der Waals surface area contributed by atoms with Crippen LogP contribution in [0.2, 0.25) is 0 Å². The molecule has 3 rings (SSSR count). The SMILES string of the molecule is CC[C@H](NC(=O)c1oc2cc(OC)ccc2c1C)c1c(C)nn(CC)c1C. The molecule has 27 heavy (non-hydrogen) atoms. The molecule has 1 aromatic carbocycles. The standard InChI is InChI=1S/C21H27N3O3/c1-7-17(19-13(4)23-24(8-2)14(19)5)22-21(25)20-12(3)16-10-9-15(26-6)11-18(16)27-20/h9-11,17H,7-8H2,1-6H3,(H,22,25)/t17-/m0/s1. The molecule has 2 heterocycles. The molecular weight excluding hydrogens is 342 g/mol. The van der Waals surface area contributed by atoms with Crippen LogP contribution in [0.25, 0.3) is 11.0 Å². The van der Waals surface area contributed by atoms with Gasteiger partial charge in [-0.3, -0.25) is 9.48 Å². The highest BCUT2D eigenvalue weighted by atomic mass is 16.5. The summed E-state index contributed by atoms with van der Waals surface area (Å²) < 4.78 is 13.1. The number of benzene rings is 1. The van der Waals surface area contributed by atoms with E-state index >= 15 is 0 Å². The number of hydrogen-bond acceptors (Lipinski definition) is 4. The molecule has 3 aromatic rings. The molecule has 0 saturated carbocycles. The third kappa shape index (κ3) is 3.31. The number of hydrogen-bond donors (Lipinski definition) is 1. The fourth-order valence-corrected chi connectivity index (χ4v) is 3.67. The van der Waals surface area contributed by atoms with E-state index < -0.39 is 0 Å². The number of aryl methyl sites for hydroxylation is 3. The summed E-state index contributed by atoms with van der Waals surface area (Å²) in [5, 5.41) is 8.63. The molecule has 1 atom stereocenters. The maximum atomic E-state index is 13.0. The van der Waals surface area contributed by atoms with Crippen molar-refractivity contribution in [2.75, 3.05) is 7.11 Å². The highest BCUT2D eigenvalue weighted by Gasteiger charge is 2.24. The third-order valence-electron chi connectivity index (χ3n) is 5.15. The van der Waals surface area contributed by atoms with Gasteiger partial charge in [0.05, 0.1) is 18.8 Å². The van der Waals surface area contributed by atoms with Crippen LogP contribution in [0.3, 0.4) is 0 Å². The van der Waals surface area contributed by atoms with Crippen molar-refractivity contribution in [2.45, 2.75) is 53.6 Å². The number of carbonyl (C=O) groups is 1. The Hall–Kier alpha value is -2.76. The number of carbonyl (C=O) groups excluding carboxylic acids is 1. The van der Waals surface area contributed by atoms with Crippen LogP contribution in [-0.2, 0) is 6.54 Å². The normalized spacial score (nSPS) is 12.4. The zero-order chi connectivity index (χ0) is 19.7. The summed E-state index contributed by atoms with van der Waals surface area (Å²) in [5.41, 5.74) is 4.61. The first-order valence-corrected chi connectivity index (χ1v) is 9.33. The van der Waals surface area contributed by atoms with E-state index in [9.17, 15) is 4.79 Å². The van der Waals surface area contributed by atoms with Crippen molar-refractivity contribution in [2.24, 2.45) is 0 Å². The largest absolute Gasteiger partial charge is 0.497 e. The summed E-state index contributed by atoms with van der Waals surface area (Å²) in [7, 11) is 1.61. The van der Waals surface area contributed by atoms with Crippen LogP contribution in [-0.4, -0.2) is 22.8 Å². The molecule has 0 bridgehead atoms. The van der Waals surface area contributed by atoms with Crippen LogP contribution in [0.15, 0.2) is 22.6 Å². The topological polar surface area (TPSA) is 69.3 Å². The number of amides is 1. The lowest BCUT2D eigenvalue weighted by Crippen LogP contribution is -2.29. The van der Waals surface area contributed by atoms with Crippen molar-refractivity contribution in [3.8, 4) is 5.75 Å². The molecule has 0 saturated heterocycles. The number of nitrogens with one attached hydrogen (secondary N) is 1. The average Bonchev–Trinajstić information content (AvgIpc) is 3.15. The van der Waals surface area contributed by atoms with Crippen molar-refractivity contribution in [3.05, 3.63) is 46.5 Å². The van der Waals surface area contributed by atoms with Crippen molar-refractivity contribution in [1.82, 2.24) is 15.1 Å². The molecule has 0 aliphatic heterocycles. The van der Waals surface area contributed by atoms with Gasteiger partial charge >= 0.3 is 0 Å². The van der Waals surface area contributed by atoms with E-state index in [1.165, 1.54) is 0 Å². The van der Waals surface area contributed by atoms with Crippen LogP contribution in [0.5, 0.6) is 5.75 Å². The van der Waals surface area contributed by atoms with Crippen molar-refractivity contribution in [1.29, 1.82) is 0 Å². The zero-order valence-corrected chi connectivity index (χ0v) is 16.8. The molecule has 0 unspecified atom stereocenters. The van der Waals surface area contributed by atoms with E-state index in [2.05, 4.69) is 24.3 Å². The Morgan fingerprint density at radius 1 is 1.30 bits per heavy atom. The van der Waals surface area contributed by atoms with E-state index in [0.717, 1.165) is 40.9 Å². The lowest BCUT2D eigenvalue weighted by atomic mass is 10.0. The molecule has 0 fully saturated rings. The van der Waals surface area contributed by atoms with Gasteiger partial charge < -0.3 is 14.5 Å². The summed E-state index contributed by atoms with van der Waals surface area (Å²) in [6, 6.07) is 5.48. The Labute approximate surface area is 159 Å². The molecule has 6 nitrogen and oxygen atoms in total. The monoisotopic (exact) mass is 369 g/mol. The number of rotatable bonds is 6. The molecule has 0 aliphatic rings. The smallest absolute Gasteiger partial charge is 0.287 e. The van der Waals surface area contributed by atoms with Gasteiger partial charge in [-0.05, 0) is 46.2 Å². The minimum atomic E-state index is -0.211. The summed E-state index contributed by atoms with van der Waals surface area (Å²) in [6.45, 7) is 10.9. The molecular formula is C21H27N3O3. The zero-order valence-electron chi connectivity index (χ0n) is 16.8. The van der Waals surface area contributed by atoms with Crippen LogP contribution < -0.4 is 10.1 Å². The van der Waals surface area contributed by atoms with Gasteiger partial charge in [-0.15, -0.1) is 0 Å². The Bertz CT molecular complexity index is 984. The fraction of sp³-hybridized carbons (Fsp3) is 0.429. The second-order valence-corrected chi connectivity index (χ2v) is 6.75. The second-order valence-electron chi connectivity index (χ2n) is 6.75. The summed E-state index contributed by atoms with van der Waals surface area (Å²) in [5.74, 6) is 0.834. The van der Waals surface area contributed by atoms with Gasteiger partial charge in [0, 0.05) is 34.8 Å². The van der Waals surface area contributed by atoms with E-state index in [4.69, 9.17) is 9.15 Å². The predicted octanol–water partition coefficient (Wildman–Crippen LogP) is 4.46. The molecule has 1 N–H and O–H groups in total. The van der Waals surface area contributed by atoms with Gasteiger partial charge in [0.2, 0.25) is 0 Å². The highest BCUT2D eigenvalue weighted by molar-refractivity contribution is 5.99. The minimum absolute atomic E-state index is 0.111. The van der Waals surface area contributed by atoms with Crippen LogP contribution in [0.4, 0.5) is 0 Å². The van der Waals surface area contributed by atoms with E-state index in [1.807, 2.05) is 37.6 Å². The molecule has 6 heteroatoms. The second kappa shape index (κ2) is 7.47. The molecule has 1 amide bonds. The van der Waals surface area contributed by atoms with E-state index in [-0.39, 0.29) is 11.9 Å². The van der Waals surface area contributed by atoms with Crippen molar-refractivity contribution < 1.29 is 13.9 Å². The molecule has 0 spiro atoms. The lowest BCUT2D eigenvalue weighted by molar-refractivity contribution is 0.0908. The van der Waals surface area contributed by atoms with Gasteiger partial charge in [0.1, 0.15) is 11.3 Å². The van der Waals surface area contributed by atoms with Crippen molar-refractivity contribution >= 4 is 16.9 Å². The number of methoxy groups -OCH3 is 1. The lowest BCUT2D eigenvalue weighted by Gasteiger charge is -2.17. The van der Waals surface area contributed by atoms with Crippen molar-refractivity contribution in [3.63, 3.8) is 0 Å². The summed E-state index contributed by atoms with van der Waals surface area (Å²) >= 11 is 0. The maximum absolute atomic E-state index is 13.0. The quantitative estimate of drug-likeness (QED) is 0.696. The average molecular weight is 369 g/mol. The van der Waals surface area contributed by atoms with E-state index in [1.54, 1.807) is 13.2 Å². The van der Waals surface area contributed by atoms with Crippen LogP contribution in [0.1, 0.15) is 59.4 Å². The fourth-order valence-electron chi connectivity index (χ4n) is 3.67. The number of fused-ring (bicyclic) bond motifs is 1. The number of ether oxygens (including phenoxy) is 1. The Morgan fingerprint density at radius 3 is 2.63 bits per heavy atom. The summed E-state index contributed by atoms with van der Waals surface area (Å²) in [4.78, 5) is 13.0. The highest BCUT2D eigenvalue weighted by Crippen LogP contribution is 2.30. The number of aromatic nitrogens is 2. The first-order chi connectivity index (χ1) is 12.9. The first-order valence-electron chi connectivity index (χ1n) is 9.33. The van der Waals surface area contributed by atoms with Crippen LogP contribution in [0, 0.1) is 20.8 Å². The molecule has 0 radical (unpaired) electrons. The van der Waals surface area contributed by atoms with Gasteiger partial charge in [-0.25, -0.2) is 0 Å². The number of nitrogens with zero attached hydrogens (tertiary/aromatic N) is 2. The van der Waals surface area contributed by atoms with Gasteiger partial charge in [-0.2, -0.15) is 5.10 Å². The van der Waals surface area contributed by atoms with Gasteiger partial charge in [0.25, 0.3) is 5.91 Å². The molecule has 0 aliphatic carbocycles. The predicted molar refractivity (Wildman–Crippen MR) is 105 cm³/mol. The Balaban J connectivity index is 1.93. The first kappa shape index (κ1) is 19.0. The minimum Gasteiger partial charge on any atom is -0.497 e.